The van der Waals surface area contributed by atoms with Gasteiger partial charge in [-0.25, -0.2) is 9.59 Å². The van der Waals surface area contributed by atoms with Crippen LogP contribution in [-0.2, 0) is 14.3 Å². The number of carbonyl (C=O) groups excluding carboxylic acids is 3. The first-order chi connectivity index (χ1) is 14.0. The van der Waals surface area contributed by atoms with Crippen molar-refractivity contribution in [3.8, 4) is 11.1 Å². The van der Waals surface area contributed by atoms with Crippen molar-refractivity contribution in [3.63, 3.8) is 0 Å². The molecule has 9 heteroatoms. The fourth-order valence-electron chi connectivity index (χ4n) is 3.61. The normalized spacial score (nSPS) is 15.2. The van der Waals surface area contributed by atoms with Gasteiger partial charge in [-0.3, -0.25) is 9.59 Å². The summed E-state index contributed by atoms with van der Waals surface area (Å²) in [5.41, 5.74) is 6.03. The second-order valence-corrected chi connectivity index (χ2v) is 6.64. The number of nitrogens with one attached hydrogen (secondary N) is 1. The maximum Gasteiger partial charge on any atom is 0.435 e. The molecule has 2 aliphatic rings. The topological polar surface area (TPSA) is 116 Å². The van der Waals surface area contributed by atoms with E-state index in [2.05, 4.69) is 0 Å². The van der Waals surface area contributed by atoms with Crippen molar-refractivity contribution in [2.75, 3.05) is 6.61 Å². The number of carbonyl (C=O) groups is 4. The molecule has 1 aliphatic heterocycles. The third kappa shape index (κ3) is 3.32. The summed E-state index contributed by atoms with van der Waals surface area (Å²) in [6, 6.07) is 15.4. The van der Waals surface area contributed by atoms with E-state index < -0.39 is 24.0 Å². The number of rotatable bonds is 4. The molecular weight excluding hydrogens is 378 g/mol. The third-order valence-corrected chi connectivity index (χ3v) is 4.96. The molecule has 0 radical (unpaired) electrons. The highest BCUT2D eigenvalue weighted by atomic mass is 16.6. The number of carboxylic acid groups (broad SMARTS) is 1. The SMILES string of the molecule is O=C(O)N(NN1C(=O)CCC1=O)C(=O)OCC1c2ccccc2-c2ccccc21. The van der Waals surface area contributed by atoms with Gasteiger partial charge >= 0.3 is 12.2 Å². The number of ether oxygens (including phenoxy) is 1. The van der Waals surface area contributed by atoms with Gasteiger partial charge in [0.1, 0.15) is 6.61 Å². The van der Waals surface area contributed by atoms with Crippen LogP contribution < -0.4 is 5.53 Å². The Morgan fingerprint density at radius 2 is 1.52 bits per heavy atom. The number of amides is 4. The summed E-state index contributed by atoms with van der Waals surface area (Å²) in [4.78, 5) is 47.2. The van der Waals surface area contributed by atoms with Gasteiger partial charge in [0.05, 0.1) is 0 Å². The third-order valence-electron chi connectivity index (χ3n) is 4.96. The van der Waals surface area contributed by atoms with Crippen LogP contribution >= 0.6 is 0 Å². The van der Waals surface area contributed by atoms with E-state index in [0.717, 1.165) is 22.3 Å². The Kier molecular flexibility index (Phi) is 4.73. The second-order valence-electron chi connectivity index (χ2n) is 6.64. The van der Waals surface area contributed by atoms with Crippen LogP contribution in [0.3, 0.4) is 0 Å². The number of benzene rings is 2. The fourth-order valence-corrected chi connectivity index (χ4v) is 3.61. The van der Waals surface area contributed by atoms with Crippen LogP contribution in [0, 0.1) is 0 Å². The van der Waals surface area contributed by atoms with Gasteiger partial charge < -0.3 is 9.84 Å². The van der Waals surface area contributed by atoms with Gasteiger partial charge in [0.25, 0.3) is 0 Å². The molecule has 4 amide bonds. The Morgan fingerprint density at radius 3 is 2.03 bits per heavy atom. The summed E-state index contributed by atoms with van der Waals surface area (Å²) in [6.07, 6.45) is -3.03. The van der Waals surface area contributed by atoms with Gasteiger partial charge in [0.2, 0.25) is 11.8 Å². The van der Waals surface area contributed by atoms with E-state index >= 15 is 0 Å². The quantitative estimate of drug-likeness (QED) is 0.603. The van der Waals surface area contributed by atoms with Crippen LogP contribution in [0.4, 0.5) is 9.59 Å². The van der Waals surface area contributed by atoms with E-state index in [1.54, 1.807) is 0 Å². The van der Waals surface area contributed by atoms with Crippen molar-refractivity contribution in [1.82, 2.24) is 15.6 Å². The summed E-state index contributed by atoms with van der Waals surface area (Å²) >= 11 is 0. The molecule has 2 N–H and O–H groups in total. The minimum absolute atomic E-state index is 0.0516. The number of hydrogen-bond donors (Lipinski definition) is 2. The van der Waals surface area contributed by atoms with Crippen molar-refractivity contribution in [1.29, 1.82) is 0 Å². The largest absolute Gasteiger partial charge is 0.464 e. The molecule has 1 saturated heterocycles. The van der Waals surface area contributed by atoms with Gasteiger partial charge in [0, 0.05) is 18.8 Å². The first kappa shape index (κ1) is 18.6. The lowest BCUT2D eigenvalue weighted by molar-refractivity contribution is -0.146. The Labute approximate surface area is 165 Å². The smallest absolute Gasteiger partial charge is 0.435 e. The lowest BCUT2D eigenvalue weighted by atomic mass is 9.98. The molecule has 2 aromatic rings. The van der Waals surface area contributed by atoms with Gasteiger partial charge in [-0.05, 0) is 22.3 Å². The molecule has 1 aliphatic carbocycles. The molecule has 9 nitrogen and oxygen atoms in total. The van der Waals surface area contributed by atoms with E-state index in [0.29, 0.717) is 5.01 Å². The number of fused-ring (bicyclic) bond motifs is 3. The van der Waals surface area contributed by atoms with Gasteiger partial charge in [-0.15, -0.1) is 10.5 Å². The molecule has 1 heterocycles. The summed E-state index contributed by atoms with van der Waals surface area (Å²) < 4.78 is 5.24. The summed E-state index contributed by atoms with van der Waals surface area (Å²) in [6.45, 7) is -0.0970. The molecule has 0 atom stereocenters. The predicted molar refractivity (Wildman–Crippen MR) is 99.2 cm³/mol. The van der Waals surface area contributed by atoms with Crippen molar-refractivity contribution < 1.29 is 29.0 Å². The minimum atomic E-state index is -1.70. The molecule has 1 fully saturated rings. The van der Waals surface area contributed by atoms with Crippen molar-refractivity contribution in [2.45, 2.75) is 18.8 Å². The molecule has 0 spiro atoms. The van der Waals surface area contributed by atoms with E-state index in [1.807, 2.05) is 54.1 Å². The zero-order chi connectivity index (χ0) is 20.5. The Balaban J connectivity index is 1.50. The van der Waals surface area contributed by atoms with Crippen LogP contribution in [0.25, 0.3) is 11.1 Å². The minimum Gasteiger partial charge on any atom is -0.464 e. The van der Waals surface area contributed by atoms with Crippen LogP contribution in [-0.4, -0.2) is 45.7 Å². The molecule has 0 bridgehead atoms. The van der Waals surface area contributed by atoms with E-state index in [9.17, 15) is 24.3 Å². The number of hydrogen-bond acceptors (Lipinski definition) is 6. The molecule has 0 unspecified atom stereocenters. The zero-order valence-electron chi connectivity index (χ0n) is 15.2. The first-order valence-electron chi connectivity index (χ1n) is 8.97. The molecule has 0 aromatic heterocycles. The van der Waals surface area contributed by atoms with E-state index in [1.165, 1.54) is 0 Å². The Hall–Kier alpha value is -3.72. The Morgan fingerprint density at radius 1 is 1.00 bits per heavy atom. The monoisotopic (exact) mass is 395 g/mol. The van der Waals surface area contributed by atoms with Crippen molar-refractivity contribution >= 4 is 24.0 Å². The number of hydrazine groups is 2. The summed E-state index contributed by atoms with van der Waals surface area (Å²) in [5, 5.41) is 9.90. The maximum atomic E-state index is 12.4. The van der Waals surface area contributed by atoms with E-state index in [4.69, 9.17) is 4.74 Å². The van der Waals surface area contributed by atoms with Crippen LogP contribution in [0.2, 0.25) is 0 Å². The highest BCUT2D eigenvalue weighted by molar-refractivity contribution is 6.01. The van der Waals surface area contributed by atoms with Crippen LogP contribution in [0.1, 0.15) is 29.9 Å². The molecular formula is C20H17N3O6. The molecule has 148 valence electrons. The fraction of sp³-hybridized carbons (Fsp3) is 0.200. The Bertz CT molecular complexity index is 959. The maximum absolute atomic E-state index is 12.4. The van der Waals surface area contributed by atoms with Crippen molar-refractivity contribution in [3.05, 3.63) is 59.7 Å². The summed E-state index contributed by atoms with van der Waals surface area (Å²) in [5.74, 6) is -1.49. The second kappa shape index (κ2) is 7.36. The average Bonchev–Trinajstić information content (AvgIpc) is 3.21. The van der Waals surface area contributed by atoms with Gasteiger partial charge in [-0.1, -0.05) is 48.5 Å². The highest BCUT2D eigenvalue weighted by Crippen LogP contribution is 2.44. The van der Waals surface area contributed by atoms with Gasteiger partial charge in [0.15, 0.2) is 0 Å². The average molecular weight is 395 g/mol. The highest BCUT2D eigenvalue weighted by Gasteiger charge is 2.36. The number of imide groups is 2. The van der Waals surface area contributed by atoms with E-state index in [-0.39, 0.29) is 30.4 Å². The summed E-state index contributed by atoms with van der Waals surface area (Å²) in [7, 11) is 0. The van der Waals surface area contributed by atoms with Crippen molar-refractivity contribution in [2.24, 2.45) is 0 Å². The predicted octanol–water partition coefficient (Wildman–Crippen LogP) is 2.48. The lowest BCUT2D eigenvalue weighted by Crippen LogP contribution is -2.56. The van der Waals surface area contributed by atoms with Crippen LogP contribution in [0.15, 0.2) is 48.5 Å². The standard InChI is InChI=1S/C20H17N3O6/c24-17-9-10-18(25)22(17)21-23(19(26)27)20(28)29-11-16-14-7-3-1-5-12(14)13-6-2-4-8-15(13)16/h1-8,16,21H,9-11H2,(H,26,27). The molecule has 4 rings (SSSR count). The number of nitrogens with zero attached hydrogens (tertiary/aromatic N) is 2. The first-order valence-corrected chi connectivity index (χ1v) is 8.97. The lowest BCUT2D eigenvalue weighted by Gasteiger charge is -2.23. The van der Waals surface area contributed by atoms with Gasteiger partial charge in [-0.2, -0.15) is 5.01 Å². The molecule has 2 aromatic carbocycles. The molecule has 29 heavy (non-hydrogen) atoms. The van der Waals surface area contributed by atoms with Crippen LogP contribution in [0.5, 0.6) is 0 Å². The molecule has 0 saturated carbocycles. The zero-order valence-corrected chi connectivity index (χ0v) is 15.2.